The summed E-state index contributed by atoms with van der Waals surface area (Å²) in [7, 11) is -10.1. The fourth-order valence-electron chi connectivity index (χ4n) is 1.88. The first-order chi connectivity index (χ1) is 12.0. The summed E-state index contributed by atoms with van der Waals surface area (Å²) in [6, 6.07) is 0. The van der Waals surface area contributed by atoms with Crippen LogP contribution in [0.25, 0.3) is 6.08 Å². The summed E-state index contributed by atoms with van der Waals surface area (Å²) in [6.45, 7) is 3.98. The second-order valence-corrected chi connectivity index (χ2v) is 8.75. The van der Waals surface area contributed by atoms with E-state index in [-0.39, 0.29) is 0 Å². The van der Waals surface area contributed by atoms with Crippen LogP contribution in [0.3, 0.4) is 0 Å². The van der Waals surface area contributed by atoms with E-state index in [9.17, 15) is 14.0 Å². The quantitative estimate of drug-likeness (QED) is 0.289. The van der Waals surface area contributed by atoms with E-state index in [1.807, 2.05) is 11.5 Å². The fraction of sp³-hybridized carbons (Fsp3) is 0.250. The fourth-order valence-corrected chi connectivity index (χ4v) is 4.22. The molecule has 2 heterocycles. The summed E-state index contributed by atoms with van der Waals surface area (Å²) >= 11 is 1.32. The van der Waals surface area contributed by atoms with Gasteiger partial charge in [-0.2, -0.15) is 8.88 Å². The van der Waals surface area contributed by atoms with Gasteiger partial charge in [0, 0.05) is 13.1 Å². The molecule has 5 N–H and O–H groups in total. The maximum absolute atomic E-state index is 11.4. The van der Waals surface area contributed by atoms with Gasteiger partial charge in [-0.1, -0.05) is 11.3 Å². The van der Waals surface area contributed by atoms with Crippen LogP contribution in [-0.2, 0) is 24.5 Å². The number of aryl methyl sites for hydroxylation is 1. The molecule has 0 radical (unpaired) electrons. The van der Waals surface area contributed by atoms with Crippen LogP contribution in [0.15, 0.2) is 18.0 Å². The van der Waals surface area contributed by atoms with Gasteiger partial charge in [0.05, 0.1) is 11.8 Å². The number of nitrogens with two attached hydrogens (primary N) is 1. The summed E-state index contributed by atoms with van der Waals surface area (Å²) in [5.41, 5.74) is 9.22. The Morgan fingerprint density at radius 3 is 2.65 bits per heavy atom. The van der Waals surface area contributed by atoms with Gasteiger partial charge in [0.15, 0.2) is 12.2 Å². The number of phosphoric acid groups is 2. The van der Waals surface area contributed by atoms with Crippen LogP contribution in [0, 0.1) is 13.8 Å². The van der Waals surface area contributed by atoms with Gasteiger partial charge >= 0.3 is 15.6 Å². The van der Waals surface area contributed by atoms with Crippen LogP contribution in [0.5, 0.6) is 0 Å². The highest BCUT2D eigenvalue weighted by molar-refractivity contribution is 7.60. The van der Waals surface area contributed by atoms with Crippen LogP contribution in [0.1, 0.15) is 22.0 Å². The number of aromatic nitrogens is 3. The Balaban J connectivity index is 2.09. The summed E-state index contributed by atoms with van der Waals surface area (Å²) in [5, 5.41) is 0. The predicted molar refractivity (Wildman–Crippen MR) is 92.6 cm³/mol. The Labute approximate surface area is 152 Å². The lowest BCUT2D eigenvalue weighted by Gasteiger charge is -2.09. The van der Waals surface area contributed by atoms with Crippen molar-refractivity contribution in [2.75, 3.05) is 5.73 Å². The number of nitrogens with zero attached hydrogens (tertiary/aromatic N) is 3. The van der Waals surface area contributed by atoms with E-state index >= 15 is 0 Å². The van der Waals surface area contributed by atoms with Crippen molar-refractivity contribution >= 4 is 38.9 Å². The Kier molecular flexibility index (Phi) is 6.30. The molecule has 142 valence electrons. The lowest BCUT2D eigenvalue weighted by atomic mass is 10.3. The Hall–Kier alpha value is -1.65. The minimum absolute atomic E-state index is 0.381. The van der Waals surface area contributed by atoms with Crippen LogP contribution < -0.4 is 10.3 Å². The molecule has 0 aromatic carbocycles. The minimum atomic E-state index is -5.15. The molecule has 2 rings (SSSR count). The average Bonchev–Trinajstić information content (AvgIpc) is 2.80. The Bertz CT molecular complexity index is 926. The predicted octanol–water partition coefficient (Wildman–Crippen LogP) is 1.27. The first-order valence-corrected chi connectivity index (χ1v) is 10.9. The van der Waals surface area contributed by atoms with Crippen LogP contribution in [0.4, 0.5) is 5.82 Å². The number of phosphoric ester groups is 1. The molecule has 0 saturated heterocycles. The number of thiazole rings is 1. The van der Waals surface area contributed by atoms with E-state index in [4.69, 9.17) is 15.5 Å². The minimum Gasteiger partial charge on any atom is -0.412 e. The molecule has 1 atom stereocenters. The van der Waals surface area contributed by atoms with E-state index in [1.54, 1.807) is 18.6 Å². The monoisotopic (exact) mass is 423 g/mol. The zero-order valence-corrected chi connectivity index (χ0v) is 16.3. The molecule has 0 aliphatic heterocycles. The van der Waals surface area contributed by atoms with Crippen molar-refractivity contribution in [3.63, 3.8) is 0 Å². The molecule has 0 spiro atoms. The molecule has 1 unspecified atom stereocenters. The van der Waals surface area contributed by atoms with Gasteiger partial charge in [0.2, 0.25) is 5.51 Å². The van der Waals surface area contributed by atoms with Crippen molar-refractivity contribution in [2.45, 2.75) is 20.4 Å². The molecular formula is C12H17N4O7P2S+. The third-order valence-corrected chi connectivity index (χ3v) is 6.19. The van der Waals surface area contributed by atoms with Crippen LogP contribution >= 0.6 is 27.0 Å². The van der Waals surface area contributed by atoms with E-state index in [0.717, 1.165) is 17.5 Å². The summed E-state index contributed by atoms with van der Waals surface area (Å²) in [5.74, 6) is 0.955. The molecule has 14 heteroatoms. The van der Waals surface area contributed by atoms with Gasteiger partial charge in [0.1, 0.15) is 16.5 Å². The van der Waals surface area contributed by atoms with Crippen molar-refractivity contribution < 1.29 is 37.2 Å². The van der Waals surface area contributed by atoms with Gasteiger partial charge in [-0.25, -0.2) is 19.1 Å². The number of hydrogen-bond acceptors (Lipinski definition) is 8. The standard InChI is InChI=1S/C12H16N4O7P2S/c1-8-11(3-4-22-25(20,21)23-24(17,18)19)26-7-16(8)6-10-5-14-9(2)15-12(10)13/h3-5,7H,6H2,1-2H3,(H4-,13,14,15,17,18,19,20,21)/p+1/b4-3+. The first kappa shape index (κ1) is 20.7. The van der Waals surface area contributed by atoms with Gasteiger partial charge in [-0.05, 0) is 13.0 Å². The van der Waals surface area contributed by atoms with Crippen LogP contribution in [-0.4, -0.2) is 24.6 Å². The van der Waals surface area contributed by atoms with Crippen molar-refractivity contribution in [2.24, 2.45) is 0 Å². The molecule has 0 bridgehead atoms. The highest BCUT2D eigenvalue weighted by atomic mass is 32.1. The molecule has 0 fully saturated rings. The molecule has 0 aliphatic rings. The number of nitrogen functional groups attached to an aromatic ring is 1. The van der Waals surface area contributed by atoms with Crippen molar-refractivity contribution in [1.82, 2.24) is 9.97 Å². The average molecular weight is 423 g/mol. The van der Waals surface area contributed by atoms with E-state index in [1.165, 1.54) is 17.4 Å². The molecule has 0 saturated carbocycles. The smallest absolute Gasteiger partial charge is 0.412 e. The van der Waals surface area contributed by atoms with E-state index in [2.05, 4.69) is 18.8 Å². The van der Waals surface area contributed by atoms with Crippen molar-refractivity contribution in [1.29, 1.82) is 0 Å². The molecule has 26 heavy (non-hydrogen) atoms. The largest absolute Gasteiger partial charge is 0.535 e. The highest BCUT2D eigenvalue weighted by Crippen LogP contribution is 2.57. The topological polar surface area (TPSA) is 169 Å². The molecule has 11 nitrogen and oxygen atoms in total. The van der Waals surface area contributed by atoms with E-state index in [0.29, 0.717) is 23.1 Å². The maximum Gasteiger partial charge on any atom is 0.535 e. The van der Waals surface area contributed by atoms with Gasteiger partial charge < -0.3 is 20.0 Å². The molecule has 0 aliphatic carbocycles. The maximum atomic E-state index is 11.4. The summed E-state index contributed by atoms with van der Waals surface area (Å²) in [4.78, 5) is 35.1. The molecule has 2 aromatic heterocycles. The normalized spacial score (nSPS) is 14.5. The zero-order chi connectivity index (χ0) is 19.5. The zero-order valence-electron chi connectivity index (χ0n) is 13.7. The van der Waals surface area contributed by atoms with E-state index < -0.39 is 15.6 Å². The van der Waals surface area contributed by atoms with Crippen molar-refractivity contribution in [3.8, 4) is 0 Å². The summed E-state index contributed by atoms with van der Waals surface area (Å²) < 4.78 is 31.9. The third kappa shape index (κ3) is 5.96. The number of anilines is 1. The lowest BCUT2D eigenvalue weighted by molar-refractivity contribution is -0.689. The van der Waals surface area contributed by atoms with Crippen molar-refractivity contribution in [3.05, 3.63) is 39.9 Å². The molecular weight excluding hydrogens is 406 g/mol. The van der Waals surface area contributed by atoms with Gasteiger partial charge in [-0.15, -0.1) is 0 Å². The Morgan fingerprint density at radius 1 is 1.35 bits per heavy atom. The second kappa shape index (κ2) is 7.93. The summed E-state index contributed by atoms with van der Waals surface area (Å²) in [6.07, 6.45) is 3.85. The lowest BCUT2D eigenvalue weighted by Crippen LogP contribution is -2.35. The van der Waals surface area contributed by atoms with Gasteiger partial charge in [-0.3, -0.25) is 4.89 Å². The van der Waals surface area contributed by atoms with Crippen LogP contribution in [0.2, 0.25) is 0 Å². The highest BCUT2D eigenvalue weighted by Gasteiger charge is 2.32. The third-order valence-electron chi connectivity index (χ3n) is 3.08. The SMILES string of the molecule is Cc1ncc(C[n+]2csc(/C=C/OP(=O)(O)OP(=O)(O)O)c2C)c(N)n1. The first-order valence-electron chi connectivity index (χ1n) is 6.97. The molecule has 2 aromatic rings. The van der Waals surface area contributed by atoms with Gasteiger partial charge in [0.25, 0.3) is 0 Å². The Morgan fingerprint density at radius 2 is 2.04 bits per heavy atom. The number of rotatable bonds is 7. The second-order valence-electron chi connectivity index (χ2n) is 5.08. The number of hydrogen-bond donors (Lipinski definition) is 4. The molecule has 0 amide bonds.